The van der Waals surface area contributed by atoms with E-state index < -0.39 is 0 Å². The predicted octanol–water partition coefficient (Wildman–Crippen LogP) is 1.18. The van der Waals surface area contributed by atoms with Crippen LogP contribution in [0.4, 0.5) is 0 Å². The number of hydrogen-bond acceptors (Lipinski definition) is 4. The van der Waals surface area contributed by atoms with Crippen molar-refractivity contribution in [1.29, 1.82) is 0 Å². The molecule has 5 heteroatoms. The molecule has 1 atom stereocenters. The lowest BCUT2D eigenvalue weighted by atomic mass is 10.3. The summed E-state index contributed by atoms with van der Waals surface area (Å²) in [5.74, 6) is 1.18. The molecule has 0 spiro atoms. The first-order chi connectivity index (χ1) is 8.38. The number of aliphatic imine (C=N–C) groups is 1. The molecule has 0 amide bonds. The van der Waals surface area contributed by atoms with Crippen LogP contribution in [-0.4, -0.2) is 61.3 Å². The van der Waals surface area contributed by atoms with E-state index in [2.05, 4.69) is 22.1 Å². The van der Waals surface area contributed by atoms with Crippen LogP contribution in [0, 0.1) is 0 Å². The third-order valence-electron chi connectivity index (χ3n) is 3.23. The standard InChI is InChI=1S/C12H23N3OS/c1-2-11-10-17-12(14-11)13-4-3-5-15-6-8-16-9-7-15/h11H,2-10H2,1H3,(H,13,14). The molecule has 2 saturated heterocycles. The largest absolute Gasteiger partial charge is 0.379 e. The minimum Gasteiger partial charge on any atom is -0.379 e. The molecule has 0 saturated carbocycles. The summed E-state index contributed by atoms with van der Waals surface area (Å²) in [6, 6.07) is 0.637. The van der Waals surface area contributed by atoms with Crippen molar-refractivity contribution < 1.29 is 4.74 Å². The van der Waals surface area contributed by atoms with Crippen LogP contribution < -0.4 is 5.32 Å². The summed E-state index contributed by atoms with van der Waals surface area (Å²) in [5, 5.41) is 4.61. The highest BCUT2D eigenvalue weighted by atomic mass is 32.2. The molecule has 4 nitrogen and oxygen atoms in total. The molecule has 0 aliphatic carbocycles. The van der Waals surface area contributed by atoms with Gasteiger partial charge in [-0.2, -0.15) is 0 Å². The number of thioether (sulfide) groups is 1. The fourth-order valence-electron chi connectivity index (χ4n) is 2.05. The van der Waals surface area contributed by atoms with E-state index in [1.807, 2.05) is 11.8 Å². The summed E-state index contributed by atoms with van der Waals surface area (Å²) in [5.41, 5.74) is 0. The van der Waals surface area contributed by atoms with Crippen molar-refractivity contribution in [3.05, 3.63) is 0 Å². The van der Waals surface area contributed by atoms with Crippen LogP contribution in [-0.2, 0) is 4.74 Å². The van der Waals surface area contributed by atoms with Crippen molar-refractivity contribution in [2.45, 2.75) is 25.8 Å². The van der Waals surface area contributed by atoms with Crippen molar-refractivity contribution in [1.82, 2.24) is 10.2 Å². The van der Waals surface area contributed by atoms with E-state index in [1.54, 1.807) is 0 Å². The number of ether oxygens (including phenoxy) is 1. The molecule has 0 aromatic rings. The number of hydrogen-bond donors (Lipinski definition) is 1. The number of amidine groups is 1. The lowest BCUT2D eigenvalue weighted by Gasteiger charge is -2.26. The average Bonchev–Trinajstić information content (AvgIpc) is 2.84. The van der Waals surface area contributed by atoms with Gasteiger partial charge in [-0.15, -0.1) is 0 Å². The van der Waals surface area contributed by atoms with E-state index in [0.717, 1.165) is 51.0 Å². The minimum absolute atomic E-state index is 0.637. The summed E-state index contributed by atoms with van der Waals surface area (Å²) in [7, 11) is 0. The molecule has 2 rings (SSSR count). The highest BCUT2D eigenvalue weighted by molar-refractivity contribution is 8.14. The molecule has 0 radical (unpaired) electrons. The highest BCUT2D eigenvalue weighted by Gasteiger charge is 2.17. The van der Waals surface area contributed by atoms with Gasteiger partial charge in [0.1, 0.15) is 0 Å². The zero-order valence-electron chi connectivity index (χ0n) is 10.7. The van der Waals surface area contributed by atoms with Gasteiger partial charge in [-0.3, -0.25) is 9.89 Å². The van der Waals surface area contributed by atoms with Gasteiger partial charge in [0.15, 0.2) is 5.17 Å². The van der Waals surface area contributed by atoms with Crippen molar-refractivity contribution in [2.75, 3.05) is 45.1 Å². The Bertz CT molecular complexity index is 254. The Balaban J connectivity index is 1.57. The molecular formula is C12H23N3OS. The maximum absolute atomic E-state index is 5.33. The van der Waals surface area contributed by atoms with Gasteiger partial charge in [-0.25, -0.2) is 0 Å². The smallest absolute Gasteiger partial charge is 0.156 e. The first-order valence-corrected chi connectivity index (χ1v) is 7.61. The molecule has 2 aliphatic rings. The molecule has 0 bridgehead atoms. The molecule has 0 aromatic heterocycles. The fourth-order valence-corrected chi connectivity index (χ4v) is 3.16. The van der Waals surface area contributed by atoms with Crippen LogP contribution in [0.1, 0.15) is 19.8 Å². The Kier molecular flexibility index (Phi) is 5.61. The summed E-state index contributed by atoms with van der Waals surface area (Å²) < 4.78 is 5.33. The van der Waals surface area contributed by atoms with Gasteiger partial charge in [-0.05, 0) is 12.8 Å². The third kappa shape index (κ3) is 4.48. The second-order valence-electron chi connectivity index (χ2n) is 4.55. The van der Waals surface area contributed by atoms with Crippen LogP contribution in [0.15, 0.2) is 4.99 Å². The third-order valence-corrected chi connectivity index (χ3v) is 4.32. The number of nitrogens with one attached hydrogen (secondary N) is 1. The predicted molar refractivity (Wildman–Crippen MR) is 73.9 cm³/mol. The maximum Gasteiger partial charge on any atom is 0.156 e. The van der Waals surface area contributed by atoms with Crippen molar-refractivity contribution in [2.24, 2.45) is 4.99 Å². The van der Waals surface area contributed by atoms with Crippen LogP contribution >= 0.6 is 11.8 Å². The lowest BCUT2D eigenvalue weighted by molar-refractivity contribution is 0.0377. The van der Waals surface area contributed by atoms with E-state index in [1.165, 1.54) is 12.2 Å². The molecule has 1 N–H and O–H groups in total. The van der Waals surface area contributed by atoms with Gasteiger partial charge < -0.3 is 10.1 Å². The van der Waals surface area contributed by atoms with Crippen LogP contribution in [0.25, 0.3) is 0 Å². The van der Waals surface area contributed by atoms with Crippen molar-refractivity contribution in [3.63, 3.8) is 0 Å². The Hall–Kier alpha value is -0.260. The Labute approximate surface area is 108 Å². The molecule has 1 unspecified atom stereocenters. The second kappa shape index (κ2) is 7.24. The molecule has 17 heavy (non-hydrogen) atoms. The topological polar surface area (TPSA) is 36.9 Å². The Morgan fingerprint density at radius 1 is 1.47 bits per heavy atom. The average molecular weight is 257 g/mol. The van der Waals surface area contributed by atoms with Gasteiger partial charge >= 0.3 is 0 Å². The molecule has 2 aliphatic heterocycles. The van der Waals surface area contributed by atoms with Crippen LogP contribution in [0.5, 0.6) is 0 Å². The summed E-state index contributed by atoms with van der Waals surface area (Å²) >= 11 is 1.87. The van der Waals surface area contributed by atoms with Crippen molar-refractivity contribution >= 4 is 16.9 Å². The molecule has 2 heterocycles. The summed E-state index contributed by atoms with van der Waals surface area (Å²) in [4.78, 5) is 7.08. The van der Waals surface area contributed by atoms with E-state index in [-0.39, 0.29) is 0 Å². The number of rotatable bonds is 5. The lowest BCUT2D eigenvalue weighted by Crippen LogP contribution is -2.37. The van der Waals surface area contributed by atoms with Gasteiger partial charge in [0.2, 0.25) is 0 Å². The van der Waals surface area contributed by atoms with E-state index in [0.29, 0.717) is 6.04 Å². The zero-order chi connectivity index (χ0) is 11.9. The number of morpholine rings is 1. The first-order valence-electron chi connectivity index (χ1n) is 6.62. The fraction of sp³-hybridized carbons (Fsp3) is 0.917. The normalized spacial score (nSPS) is 28.5. The quantitative estimate of drug-likeness (QED) is 0.751. The molecular weight excluding hydrogens is 234 g/mol. The monoisotopic (exact) mass is 257 g/mol. The van der Waals surface area contributed by atoms with Gasteiger partial charge in [0.05, 0.1) is 13.2 Å². The second-order valence-corrected chi connectivity index (χ2v) is 5.56. The van der Waals surface area contributed by atoms with E-state index >= 15 is 0 Å². The highest BCUT2D eigenvalue weighted by Crippen LogP contribution is 2.15. The van der Waals surface area contributed by atoms with E-state index in [9.17, 15) is 0 Å². The molecule has 2 fully saturated rings. The summed E-state index contributed by atoms with van der Waals surface area (Å²) in [6.45, 7) is 8.28. The SMILES string of the molecule is CCC1CSC(=NCCCN2CCOCC2)N1. The van der Waals surface area contributed by atoms with Crippen LogP contribution in [0.2, 0.25) is 0 Å². The van der Waals surface area contributed by atoms with Gasteiger partial charge in [0, 0.05) is 38.0 Å². The van der Waals surface area contributed by atoms with Gasteiger partial charge in [-0.1, -0.05) is 18.7 Å². The summed E-state index contributed by atoms with van der Waals surface area (Å²) in [6.07, 6.45) is 2.35. The molecule has 0 aromatic carbocycles. The van der Waals surface area contributed by atoms with Gasteiger partial charge in [0.25, 0.3) is 0 Å². The zero-order valence-corrected chi connectivity index (χ0v) is 11.5. The first kappa shape index (κ1) is 13.2. The van der Waals surface area contributed by atoms with Crippen molar-refractivity contribution in [3.8, 4) is 0 Å². The Morgan fingerprint density at radius 2 is 2.29 bits per heavy atom. The number of nitrogens with zero attached hydrogens (tertiary/aromatic N) is 2. The maximum atomic E-state index is 5.33. The molecule has 98 valence electrons. The van der Waals surface area contributed by atoms with E-state index in [4.69, 9.17) is 4.74 Å². The minimum atomic E-state index is 0.637. The van der Waals surface area contributed by atoms with Crippen LogP contribution in [0.3, 0.4) is 0 Å². The Morgan fingerprint density at radius 3 is 3.00 bits per heavy atom.